The van der Waals surface area contributed by atoms with Gasteiger partial charge in [-0.25, -0.2) is 27.3 Å². The van der Waals surface area contributed by atoms with Gasteiger partial charge in [-0.15, -0.1) is 0 Å². The van der Waals surface area contributed by atoms with Crippen molar-refractivity contribution >= 4 is 32.7 Å². The minimum atomic E-state index is -3.77. The number of aryl methyl sites for hydroxylation is 2. The van der Waals surface area contributed by atoms with Gasteiger partial charge in [0.15, 0.2) is 0 Å². The van der Waals surface area contributed by atoms with Crippen LogP contribution in [-0.2, 0) is 10.0 Å². The lowest BCUT2D eigenvalue weighted by atomic mass is 10.1. The second-order valence-electron chi connectivity index (χ2n) is 6.15. The molecule has 0 spiro atoms. The fourth-order valence-corrected chi connectivity index (χ4v) is 4.35. The molecule has 0 saturated heterocycles. The zero-order chi connectivity index (χ0) is 19.2. The predicted molar refractivity (Wildman–Crippen MR) is 104 cm³/mol. The summed E-state index contributed by atoms with van der Waals surface area (Å²) in [5.74, 6) is 0.568. The van der Waals surface area contributed by atoms with E-state index in [1.807, 2.05) is 13.0 Å². The van der Waals surface area contributed by atoms with E-state index in [2.05, 4.69) is 15.0 Å². The van der Waals surface area contributed by atoms with Crippen LogP contribution in [0.1, 0.15) is 11.4 Å². The molecule has 0 radical (unpaired) electrons. The number of rotatable bonds is 3. The van der Waals surface area contributed by atoms with Crippen LogP contribution in [0.25, 0.3) is 22.3 Å². The lowest BCUT2D eigenvalue weighted by molar-refractivity contribution is 0.588. The Hall–Kier alpha value is -2.77. The summed E-state index contributed by atoms with van der Waals surface area (Å²) < 4.78 is 27.3. The van der Waals surface area contributed by atoms with Crippen LogP contribution in [-0.4, -0.2) is 27.3 Å². The third kappa shape index (κ3) is 2.98. The number of benzene rings is 2. The molecular weight excluding hydrogens is 384 g/mol. The van der Waals surface area contributed by atoms with E-state index in [0.29, 0.717) is 33.1 Å². The smallest absolute Gasteiger partial charge is 0.240 e. The van der Waals surface area contributed by atoms with Crippen molar-refractivity contribution in [2.24, 2.45) is 0 Å². The summed E-state index contributed by atoms with van der Waals surface area (Å²) in [6, 6.07) is 12.0. The highest BCUT2D eigenvalue weighted by Crippen LogP contribution is 2.32. The van der Waals surface area contributed by atoms with Gasteiger partial charge in [-0.1, -0.05) is 41.4 Å². The van der Waals surface area contributed by atoms with Gasteiger partial charge in [-0.2, -0.15) is 0 Å². The van der Waals surface area contributed by atoms with Crippen molar-refractivity contribution in [3.63, 3.8) is 0 Å². The third-order valence-corrected chi connectivity index (χ3v) is 6.19. The van der Waals surface area contributed by atoms with Crippen molar-refractivity contribution < 1.29 is 8.42 Å². The predicted octanol–water partition coefficient (Wildman–Crippen LogP) is 4.00. The third-order valence-electron chi connectivity index (χ3n) is 4.24. The number of halogens is 1. The zero-order valence-electron chi connectivity index (χ0n) is 14.6. The van der Waals surface area contributed by atoms with E-state index in [-0.39, 0.29) is 4.90 Å². The first-order chi connectivity index (χ1) is 12.9. The summed E-state index contributed by atoms with van der Waals surface area (Å²) >= 11 is 6.26. The number of fused-ring (bicyclic) bond motifs is 1. The highest BCUT2D eigenvalue weighted by Gasteiger charge is 2.21. The average molecular weight is 399 g/mol. The minimum absolute atomic E-state index is 0.203. The molecule has 0 bridgehead atoms. The first-order valence-corrected chi connectivity index (χ1v) is 9.97. The van der Waals surface area contributed by atoms with Gasteiger partial charge in [-0.05, 0) is 32.0 Å². The molecule has 0 atom stereocenters. The van der Waals surface area contributed by atoms with Gasteiger partial charge in [0.1, 0.15) is 12.2 Å². The fourth-order valence-electron chi connectivity index (χ4n) is 2.87. The molecule has 0 aliphatic carbocycles. The van der Waals surface area contributed by atoms with E-state index in [0.717, 1.165) is 5.56 Å². The summed E-state index contributed by atoms with van der Waals surface area (Å²) in [6.45, 7) is 3.67. The highest BCUT2D eigenvalue weighted by molar-refractivity contribution is 7.90. The molecule has 136 valence electrons. The van der Waals surface area contributed by atoms with E-state index < -0.39 is 10.0 Å². The molecule has 8 heteroatoms. The number of para-hydroxylation sites is 1. The minimum Gasteiger partial charge on any atom is -0.240 e. The summed E-state index contributed by atoms with van der Waals surface area (Å²) in [4.78, 5) is 13.0. The Morgan fingerprint density at radius 3 is 2.48 bits per heavy atom. The van der Waals surface area contributed by atoms with Crippen LogP contribution < -0.4 is 0 Å². The van der Waals surface area contributed by atoms with Gasteiger partial charge in [0.05, 0.1) is 26.6 Å². The van der Waals surface area contributed by atoms with Gasteiger partial charge in [0, 0.05) is 11.8 Å². The van der Waals surface area contributed by atoms with Gasteiger partial charge in [0.2, 0.25) is 0 Å². The van der Waals surface area contributed by atoms with E-state index >= 15 is 0 Å². The Bertz CT molecular complexity index is 1260. The van der Waals surface area contributed by atoms with Crippen LogP contribution in [0.3, 0.4) is 0 Å². The number of nitrogens with zero attached hydrogens (tertiary/aromatic N) is 4. The van der Waals surface area contributed by atoms with Gasteiger partial charge >= 0.3 is 0 Å². The summed E-state index contributed by atoms with van der Waals surface area (Å²) in [5.41, 5.74) is 3.13. The standard InChI is InChI=1S/C19H15ClN4O2S/c1-12-6-8-14(9-7-12)27(25,26)24-11-22-19-15(4-3-5-17(19)24)18-16(20)10-21-13(2)23-18/h3-11H,1-2H3. The van der Waals surface area contributed by atoms with Crippen LogP contribution in [0.2, 0.25) is 5.02 Å². The van der Waals surface area contributed by atoms with E-state index in [1.165, 1.54) is 16.5 Å². The molecule has 0 fully saturated rings. The van der Waals surface area contributed by atoms with Crippen LogP contribution in [0, 0.1) is 13.8 Å². The van der Waals surface area contributed by atoms with Crippen LogP contribution in [0.4, 0.5) is 0 Å². The van der Waals surface area contributed by atoms with Crippen molar-refractivity contribution in [1.29, 1.82) is 0 Å². The van der Waals surface area contributed by atoms with Crippen molar-refractivity contribution in [3.8, 4) is 11.3 Å². The SMILES string of the molecule is Cc1ccc(S(=O)(=O)n2cnc3c(-c4nc(C)ncc4Cl)cccc32)cc1. The second kappa shape index (κ2) is 6.44. The number of aromatic nitrogens is 4. The lowest BCUT2D eigenvalue weighted by Gasteiger charge is -2.08. The van der Waals surface area contributed by atoms with Gasteiger partial charge in [0.25, 0.3) is 10.0 Å². The molecule has 4 rings (SSSR count). The van der Waals surface area contributed by atoms with E-state index in [1.54, 1.807) is 43.3 Å². The maximum absolute atomic E-state index is 13.1. The zero-order valence-corrected chi connectivity index (χ0v) is 16.2. The Balaban J connectivity index is 1.93. The average Bonchev–Trinajstić information content (AvgIpc) is 3.09. The Morgan fingerprint density at radius 2 is 1.74 bits per heavy atom. The molecule has 0 amide bonds. The van der Waals surface area contributed by atoms with Crippen molar-refractivity contribution in [2.75, 3.05) is 0 Å². The van der Waals surface area contributed by atoms with Crippen molar-refractivity contribution in [1.82, 2.24) is 18.9 Å². The molecule has 2 heterocycles. The van der Waals surface area contributed by atoms with Crippen LogP contribution in [0.5, 0.6) is 0 Å². The monoisotopic (exact) mass is 398 g/mol. The topological polar surface area (TPSA) is 77.7 Å². The van der Waals surface area contributed by atoms with E-state index in [4.69, 9.17) is 11.6 Å². The first kappa shape index (κ1) is 17.6. The Kier molecular flexibility index (Phi) is 4.20. The molecule has 2 aromatic heterocycles. The normalized spacial score (nSPS) is 11.8. The second-order valence-corrected chi connectivity index (χ2v) is 8.37. The molecular formula is C19H15ClN4O2S. The fraction of sp³-hybridized carbons (Fsp3) is 0.105. The van der Waals surface area contributed by atoms with E-state index in [9.17, 15) is 8.42 Å². The molecule has 6 nitrogen and oxygen atoms in total. The number of hydrogen-bond acceptors (Lipinski definition) is 5. The molecule has 0 saturated carbocycles. The van der Waals surface area contributed by atoms with Crippen LogP contribution >= 0.6 is 11.6 Å². The lowest BCUT2D eigenvalue weighted by Crippen LogP contribution is -2.11. The van der Waals surface area contributed by atoms with Gasteiger partial charge < -0.3 is 0 Å². The molecule has 27 heavy (non-hydrogen) atoms. The Labute approximate surface area is 161 Å². The quantitative estimate of drug-likeness (QED) is 0.521. The van der Waals surface area contributed by atoms with Crippen molar-refractivity contribution in [3.05, 3.63) is 71.4 Å². The largest absolute Gasteiger partial charge is 0.269 e. The molecule has 0 unspecified atom stereocenters. The maximum atomic E-state index is 13.1. The molecule has 4 aromatic rings. The molecule has 2 aromatic carbocycles. The summed E-state index contributed by atoms with van der Waals surface area (Å²) in [5, 5.41) is 0.379. The summed E-state index contributed by atoms with van der Waals surface area (Å²) in [7, 11) is -3.77. The number of imidazole rings is 1. The molecule has 0 aliphatic rings. The van der Waals surface area contributed by atoms with Crippen LogP contribution in [0.15, 0.2) is 59.9 Å². The maximum Gasteiger partial charge on any atom is 0.269 e. The summed E-state index contributed by atoms with van der Waals surface area (Å²) in [6.07, 6.45) is 2.84. The van der Waals surface area contributed by atoms with Gasteiger partial charge in [-0.3, -0.25) is 0 Å². The Morgan fingerprint density at radius 1 is 1.00 bits per heavy atom. The molecule has 0 aliphatic heterocycles. The first-order valence-electron chi connectivity index (χ1n) is 8.16. The number of hydrogen-bond donors (Lipinski definition) is 0. The van der Waals surface area contributed by atoms with Crippen molar-refractivity contribution in [2.45, 2.75) is 18.7 Å². The highest BCUT2D eigenvalue weighted by atomic mass is 35.5. The molecule has 0 N–H and O–H groups in total.